The van der Waals surface area contributed by atoms with Gasteiger partial charge in [-0.15, -0.1) is 0 Å². The van der Waals surface area contributed by atoms with Crippen molar-refractivity contribution in [2.24, 2.45) is 0 Å². The molecule has 5 nitrogen and oxygen atoms in total. The molecule has 0 unspecified atom stereocenters. The summed E-state index contributed by atoms with van der Waals surface area (Å²) in [6, 6.07) is 14.6. The van der Waals surface area contributed by atoms with Crippen molar-refractivity contribution in [2.45, 2.75) is 13.5 Å². The SMILES string of the molecule is CCn1c2ccccc2c2cc(/C=C/C(=O)N(C)CC(=O)N(C)C)ccc21. The smallest absolute Gasteiger partial charge is 0.246 e. The van der Waals surface area contributed by atoms with Gasteiger partial charge in [0.1, 0.15) is 0 Å². The first-order valence-corrected chi connectivity index (χ1v) is 9.06. The Morgan fingerprint density at radius 1 is 1.00 bits per heavy atom. The molecule has 0 bridgehead atoms. The average molecular weight is 363 g/mol. The van der Waals surface area contributed by atoms with Crippen LogP contribution in [0, 0.1) is 0 Å². The molecule has 27 heavy (non-hydrogen) atoms. The highest BCUT2D eigenvalue weighted by molar-refractivity contribution is 6.08. The third kappa shape index (κ3) is 3.72. The molecule has 0 fully saturated rings. The number of aryl methyl sites for hydroxylation is 1. The maximum absolute atomic E-state index is 12.3. The summed E-state index contributed by atoms with van der Waals surface area (Å²) in [5.41, 5.74) is 3.37. The lowest BCUT2D eigenvalue weighted by Gasteiger charge is -2.17. The third-order valence-corrected chi connectivity index (χ3v) is 4.78. The van der Waals surface area contributed by atoms with Gasteiger partial charge in [0.2, 0.25) is 11.8 Å². The normalized spacial score (nSPS) is 11.4. The largest absolute Gasteiger partial charge is 0.347 e. The van der Waals surface area contributed by atoms with E-state index in [2.05, 4.69) is 41.8 Å². The fraction of sp³-hybridized carbons (Fsp3) is 0.273. The summed E-state index contributed by atoms with van der Waals surface area (Å²) < 4.78 is 2.30. The topological polar surface area (TPSA) is 45.6 Å². The molecule has 0 saturated carbocycles. The first kappa shape index (κ1) is 18.7. The van der Waals surface area contributed by atoms with Crippen molar-refractivity contribution in [2.75, 3.05) is 27.7 Å². The van der Waals surface area contributed by atoms with Gasteiger partial charge in [0.15, 0.2) is 0 Å². The van der Waals surface area contributed by atoms with Crippen molar-refractivity contribution in [3.63, 3.8) is 0 Å². The number of hydrogen-bond acceptors (Lipinski definition) is 2. The van der Waals surface area contributed by atoms with E-state index in [1.807, 2.05) is 12.1 Å². The lowest BCUT2D eigenvalue weighted by Crippen LogP contribution is -2.36. The van der Waals surface area contributed by atoms with Crippen LogP contribution in [0.15, 0.2) is 48.5 Å². The van der Waals surface area contributed by atoms with Gasteiger partial charge in [0.05, 0.1) is 6.54 Å². The molecular weight excluding hydrogens is 338 g/mol. The predicted molar refractivity (Wildman–Crippen MR) is 110 cm³/mol. The number of likely N-dealkylation sites (N-methyl/N-ethyl adjacent to an activating group) is 2. The van der Waals surface area contributed by atoms with Gasteiger partial charge in [-0.3, -0.25) is 9.59 Å². The van der Waals surface area contributed by atoms with E-state index in [0.717, 1.165) is 12.1 Å². The number of nitrogens with zero attached hydrogens (tertiary/aromatic N) is 3. The van der Waals surface area contributed by atoms with Crippen LogP contribution in [0.2, 0.25) is 0 Å². The molecule has 2 amide bonds. The van der Waals surface area contributed by atoms with E-state index in [1.165, 1.54) is 37.7 Å². The second-order valence-electron chi connectivity index (χ2n) is 6.85. The number of carbonyl (C=O) groups excluding carboxylic acids is 2. The molecule has 0 aliphatic carbocycles. The van der Waals surface area contributed by atoms with Gasteiger partial charge < -0.3 is 14.4 Å². The summed E-state index contributed by atoms with van der Waals surface area (Å²) >= 11 is 0. The van der Waals surface area contributed by atoms with E-state index in [0.29, 0.717) is 0 Å². The zero-order chi connectivity index (χ0) is 19.6. The summed E-state index contributed by atoms with van der Waals surface area (Å²) in [6.07, 6.45) is 3.32. The molecule has 2 aromatic carbocycles. The molecule has 0 radical (unpaired) electrons. The molecule has 0 aliphatic rings. The molecule has 0 atom stereocenters. The highest BCUT2D eigenvalue weighted by atomic mass is 16.2. The van der Waals surface area contributed by atoms with Crippen LogP contribution < -0.4 is 0 Å². The summed E-state index contributed by atoms with van der Waals surface area (Å²) in [5.74, 6) is -0.297. The fourth-order valence-corrected chi connectivity index (χ4v) is 3.23. The second-order valence-corrected chi connectivity index (χ2v) is 6.85. The minimum Gasteiger partial charge on any atom is -0.347 e. The van der Waals surface area contributed by atoms with Crippen LogP contribution >= 0.6 is 0 Å². The highest BCUT2D eigenvalue weighted by Crippen LogP contribution is 2.29. The van der Waals surface area contributed by atoms with Gasteiger partial charge in [0, 0.05) is 55.6 Å². The Morgan fingerprint density at radius 3 is 2.41 bits per heavy atom. The molecule has 140 valence electrons. The number of benzene rings is 2. The Balaban J connectivity index is 1.87. The van der Waals surface area contributed by atoms with Crippen molar-refractivity contribution in [1.82, 2.24) is 14.4 Å². The van der Waals surface area contributed by atoms with E-state index >= 15 is 0 Å². The summed E-state index contributed by atoms with van der Waals surface area (Å²) in [7, 11) is 4.99. The molecule has 0 N–H and O–H groups in total. The van der Waals surface area contributed by atoms with Crippen molar-refractivity contribution in [1.29, 1.82) is 0 Å². The fourth-order valence-electron chi connectivity index (χ4n) is 3.23. The molecular formula is C22H25N3O2. The monoisotopic (exact) mass is 363 g/mol. The summed E-state index contributed by atoms with van der Waals surface area (Å²) in [4.78, 5) is 26.9. The lowest BCUT2D eigenvalue weighted by atomic mass is 10.1. The van der Waals surface area contributed by atoms with E-state index in [-0.39, 0.29) is 18.4 Å². The quantitative estimate of drug-likeness (QED) is 0.653. The van der Waals surface area contributed by atoms with Gasteiger partial charge >= 0.3 is 0 Å². The first-order valence-electron chi connectivity index (χ1n) is 9.06. The predicted octanol–water partition coefficient (Wildman–Crippen LogP) is 3.37. The number of rotatable bonds is 5. The molecule has 1 heterocycles. The van der Waals surface area contributed by atoms with Gasteiger partial charge in [-0.05, 0) is 36.8 Å². The van der Waals surface area contributed by atoms with Crippen molar-refractivity contribution in [3.05, 3.63) is 54.1 Å². The number of fused-ring (bicyclic) bond motifs is 3. The maximum atomic E-state index is 12.3. The molecule has 5 heteroatoms. The van der Waals surface area contributed by atoms with Crippen LogP contribution in [0.3, 0.4) is 0 Å². The van der Waals surface area contributed by atoms with Gasteiger partial charge in [-0.2, -0.15) is 0 Å². The molecule has 0 spiro atoms. The van der Waals surface area contributed by atoms with Crippen molar-refractivity contribution in [3.8, 4) is 0 Å². The van der Waals surface area contributed by atoms with Crippen LogP contribution in [0.25, 0.3) is 27.9 Å². The van der Waals surface area contributed by atoms with Crippen molar-refractivity contribution < 1.29 is 9.59 Å². The standard InChI is InChI=1S/C22H25N3O2/c1-5-25-19-9-7-6-8-17(19)18-14-16(10-12-20(18)25)11-13-21(26)24(4)15-22(27)23(2)3/h6-14H,5,15H2,1-4H3/b13-11+. The molecule has 3 aromatic rings. The molecule has 0 aliphatic heterocycles. The Bertz CT molecular complexity index is 1030. The summed E-state index contributed by atoms with van der Waals surface area (Å²) in [6.45, 7) is 3.12. The Morgan fingerprint density at radius 2 is 1.70 bits per heavy atom. The number of amides is 2. The molecule has 1 aromatic heterocycles. The van der Waals surface area contributed by atoms with Crippen LogP contribution in [0.5, 0.6) is 0 Å². The highest BCUT2D eigenvalue weighted by Gasteiger charge is 2.12. The van der Waals surface area contributed by atoms with Crippen LogP contribution in [-0.2, 0) is 16.1 Å². The zero-order valence-corrected chi connectivity index (χ0v) is 16.3. The minimum atomic E-state index is -0.193. The Kier molecular flexibility index (Phi) is 5.31. The van der Waals surface area contributed by atoms with Crippen LogP contribution in [-0.4, -0.2) is 53.9 Å². The number of carbonyl (C=O) groups is 2. The van der Waals surface area contributed by atoms with E-state index in [1.54, 1.807) is 27.2 Å². The van der Waals surface area contributed by atoms with Gasteiger partial charge in [-0.1, -0.05) is 24.3 Å². The van der Waals surface area contributed by atoms with Crippen LogP contribution in [0.1, 0.15) is 12.5 Å². The third-order valence-electron chi connectivity index (χ3n) is 4.78. The summed E-state index contributed by atoms with van der Waals surface area (Å²) in [5, 5.41) is 2.39. The number of aromatic nitrogens is 1. The first-order chi connectivity index (χ1) is 12.9. The zero-order valence-electron chi connectivity index (χ0n) is 16.3. The number of para-hydroxylation sites is 1. The lowest BCUT2D eigenvalue weighted by molar-refractivity contribution is -0.135. The van der Waals surface area contributed by atoms with Crippen LogP contribution in [0.4, 0.5) is 0 Å². The Labute approximate surface area is 159 Å². The van der Waals surface area contributed by atoms with E-state index in [9.17, 15) is 9.59 Å². The molecule has 3 rings (SSSR count). The Hall–Kier alpha value is -3.08. The van der Waals surface area contributed by atoms with Crippen molar-refractivity contribution >= 4 is 39.7 Å². The van der Waals surface area contributed by atoms with E-state index in [4.69, 9.17) is 0 Å². The minimum absolute atomic E-state index is 0.0686. The number of hydrogen-bond donors (Lipinski definition) is 0. The molecule has 0 saturated heterocycles. The maximum Gasteiger partial charge on any atom is 0.246 e. The second kappa shape index (κ2) is 7.66. The van der Waals surface area contributed by atoms with E-state index < -0.39 is 0 Å². The van der Waals surface area contributed by atoms with Gasteiger partial charge in [0.25, 0.3) is 0 Å². The average Bonchev–Trinajstić information content (AvgIpc) is 2.98. The van der Waals surface area contributed by atoms with Gasteiger partial charge in [-0.25, -0.2) is 0 Å².